The van der Waals surface area contributed by atoms with Crippen molar-refractivity contribution in [2.24, 2.45) is 0 Å². The highest BCUT2D eigenvalue weighted by Crippen LogP contribution is 2.38. The lowest BCUT2D eigenvalue weighted by atomic mass is 9.95. The molecule has 0 atom stereocenters. The summed E-state index contributed by atoms with van der Waals surface area (Å²) in [4.78, 5) is 20.9. The first kappa shape index (κ1) is 19.4. The molecule has 1 aromatic carbocycles. The van der Waals surface area contributed by atoms with Gasteiger partial charge in [0, 0.05) is 35.9 Å². The van der Waals surface area contributed by atoms with E-state index in [0.717, 1.165) is 59.5 Å². The van der Waals surface area contributed by atoms with E-state index in [1.54, 1.807) is 11.8 Å². The summed E-state index contributed by atoms with van der Waals surface area (Å²) < 4.78 is 5.30. The highest BCUT2D eigenvalue weighted by atomic mass is 32.2. The second-order valence-electron chi connectivity index (χ2n) is 8.14. The fraction of sp³-hybridized carbons (Fsp3) is 0.455. The van der Waals surface area contributed by atoms with Gasteiger partial charge in [0.15, 0.2) is 5.82 Å². The zero-order valence-corrected chi connectivity index (χ0v) is 17.8. The van der Waals surface area contributed by atoms with Crippen LogP contribution in [0.2, 0.25) is 0 Å². The van der Waals surface area contributed by atoms with Crippen LogP contribution < -0.4 is 0 Å². The minimum atomic E-state index is 0.0986. The smallest absolute Gasteiger partial charge is 0.254 e. The molecule has 30 heavy (non-hydrogen) atoms. The minimum absolute atomic E-state index is 0.0986. The zero-order valence-electron chi connectivity index (χ0n) is 17.0. The van der Waals surface area contributed by atoms with Crippen molar-refractivity contribution in [3.05, 3.63) is 59.0 Å². The topological polar surface area (TPSA) is 87.9 Å². The first-order valence-electron chi connectivity index (χ1n) is 10.5. The summed E-state index contributed by atoms with van der Waals surface area (Å²) in [5.74, 6) is 4.44. The van der Waals surface area contributed by atoms with Crippen molar-refractivity contribution < 1.29 is 9.32 Å². The van der Waals surface area contributed by atoms with Crippen LogP contribution in [0.15, 0.2) is 39.8 Å². The number of benzene rings is 1. The Morgan fingerprint density at radius 1 is 1.20 bits per heavy atom. The van der Waals surface area contributed by atoms with Crippen LogP contribution in [0.1, 0.15) is 71.0 Å². The van der Waals surface area contributed by atoms with Crippen LogP contribution in [0.3, 0.4) is 0 Å². The Balaban J connectivity index is 1.22. The number of aromatic amines is 1. The number of H-pyrrole nitrogens is 1. The summed E-state index contributed by atoms with van der Waals surface area (Å²) in [6.45, 7) is 3.39. The number of amides is 1. The largest absolute Gasteiger partial charge is 0.360 e. The molecule has 3 heterocycles. The van der Waals surface area contributed by atoms with Crippen molar-refractivity contribution in [1.82, 2.24) is 25.2 Å². The van der Waals surface area contributed by atoms with E-state index in [4.69, 9.17) is 9.51 Å². The lowest BCUT2D eigenvalue weighted by molar-refractivity contribution is 0.0707. The van der Waals surface area contributed by atoms with Crippen LogP contribution in [0.25, 0.3) is 0 Å². The molecule has 7 nitrogen and oxygen atoms in total. The minimum Gasteiger partial charge on any atom is -0.360 e. The molecule has 1 saturated heterocycles. The van der Waals surface area contributed by atoms with Gasteiger partial charge < -0.3 is 9.42 Å². The first-order chi connectivity index (χ1) is 14.7. The number of hydrogen-bond donors (Lipinski definition) is 1. The van der Waals surface area contributed by atoms with Crippen molar-refractivity contribution in [1.29, 1.82) is 0 Å². The predicted octanol–water partition coefficient (Wildman–Crippen LogP) is 4.29. The molecule has 5 rings (SSSR count). The standard InChI is InChI=1S/C22H25N5O2S/c1-14-12-17(29-26-14)13-30-19-5-3-2-4-18(19)22(28)27-10-8-16(9-11-27)21-23-20(24-25-21)15-6-7-15/h2-5,12,15-16H,6-11,13H2,1H3,(H,23,24,25). The number of aryl methyl sites for hydroxylation is 1. The van der Waals surface area contributed by atoms with Crippen molar-refractivity contribution in [3.63, 3.8) is 0 Å². The average molecular weight is 424 g/mol. The van der Waals surface area contributed by atoms with Crippen molar-refractivity contribution in [3.8, 4) is 0 Å². The van der Waals surface area contributed by atoms with Crippen molar-refractivity contribution in [2.75, 3.05) is 13.1 Å². The number of nitrogens with one attached hydrogen (secondary N) is 1. The molecular formula is C22H25N5O2S. The number of rotatable bonds is 6. The molecule has 0 spiro atoms. The van der Waals surface area contributed by atoms with E-state index in [1.165, 1.54) is 12.8 Å². The van der Waals surface area contributed by atoms with Gasteiger partial charge in [-0.2, -0.15) is 5.10 Å². The van der Waals surface area contributed by atoms with Crippen LogP contribution in [0, 0.1) is 6.92 Å². The average Bonchev–Trinajstić information content (AvgIpc) is 3.36. The number of carbonyl (C=O) groups is 1. The fourth-order valence-electron chi connectivity index (χ4n) is 3.92. The molecule has 8 heteroatoms. The van der Waals surface area contributed by atoms with Crippen LogP contribution in [-0.4, -0.2) is 44.2 Å². The lowest BCUT2D eigenvalue weighted by Crippen LogP contribution is -2.38. The van der Waals surface area contributed by atoms with Gasteiger partial charge in [0.1, 0.15) is 11.6 Å². The van der Waals surface area contributed by atoms with Crippen LogP contribution in [0.5, 0.6) is 0 Å². The maximum absolute atomic E-state index is 13.2. The number of carbonyl (C=O) groups excluding carboxylic acids is 1. The Morgan fingerprint density at radius 3 is 2.73 bits per heavy atom. The Morgan fingerprint density at radius 2 is 2.00 bits per heavy atom. The van der Waals surface area contributed by atoms with Gasteiger partial charge in [-0.3, -0.25) is 9.89 Å². The van der Waals surface area contributed by atoms with Gasteiger partial charge in [-0.15, -0.1) is 11.8 Å². The molecule has 156 valence electrons. The monoisotopic (exact) mass is 423 g/mol. The zero-order chi connectivity index (χ0) is 20.5. The molecule has 1 amide bonds. The molecule has 3 aromatic rings. The summed E-state index contributed by atoms with van der Waals surface area (Å²) in [6, 6.07) is 9.75. The summed E-state index contributed by atoms with van der Waals surface area (Å²) in [5, 5.41) is 11.4. The summed E-state index contributed by atoms with van der Waals surface area (Å²) in [7, 11) is 0. The maximum Gasteiger partial charge on any atom is 0.254 e. The van der Waals surface area contributed by atoms with Gasteiger partial charge in [0.25, 0.3) is 5.91 Å². The van der Waals surface area contributed by atoms with E-state index in [2.05, 4.69) is 15.4 Å². The SMILES string of the molecule is Cc1cc(CSc2ccccc2C(=O)N2CCC(c3nc(C4CC4)n[nH]3)CC2)on1. The normalized spacial score (nSPS) is 17.4. The number of piperidine rings is 1. The molecule has 1 aliphatic heterocycles. The second-order valence-corrected chi connectivity index (χ2v) is 9.16. The van der Waals surface area contributed by atoms with Crippen LogP contribution in [0.4, 0.5) is 0 Å². The fourth-order valence-corrected chi connectivity index (χ4v) is 4.84. The highest BCUT2D eigenvalue weighted by Gasteiger charge is 2.31. The Hall–Kier alpha value is -2.61. The summed E-state index contributed by atoms with van der Waals surface area (Å²) in [6.07, 6.45) is 4.24. The Kier molecular flexibility index (Phi) is 5.33. The Labute approximate surface area is 179 Å². The number of nitrogens with zero attached hydrogens (tertiary/aromatic N) is 4. The maximum atomic E-state index is 13.2. The van der Waals surface area contributed by atoms with Gasteiger partial charge in [-0.05, 0) is 44.7 Å². The molecule has 0 radical (unpaired) electrons. The van der Waals surface area contributed by atoms with Crippen molar-refractivity contribution >= 4 is 17.7 Å². The van der Waals surface area contributed by atoms with E-state index < -0.39 is 0 Å². The number of thioether (sulfide) groups is 1. The third-order valence-corrected chi connectivity index (χ3v) is 6.89. The van der Waals surface area contributed by atoms with E-state index in [-0.39, 0.29) is 5.91 Å². The molecular weight excluding hydrogens is 398 g/mol. The van der Waals surface area contributed by atoms with Gasteiger partial charge in [0.2, 0.25) is 0 Å². The lowest BCUT2D eigenvalue weighted by Gasteiger charge is -2.31. The van der Waals surface area contributed by atoms with Gasteiger partial charge in [-0.25, -0.2) is 4.98 Å². The number of likely N-dealkylation sites (tertiary alicyclic amines) is 1. The quantitative estimate of drug-likeness (QED) is 0.595. The second kappa shape index (κ2) is 8.26. The van der Waals surface area contributed by atoms with Gasteiger partial charge >= 0.3 is 0 Å². The summed E-state index contributed by atoms with van der Waals surface area (Å²) in [5.41, 5.74) is 1.63. The molecule has 2 fully saturated rings. The third kappa shape index (κ3) is 4.14. The molecule has 2 aliphatic rings. The predicted molar refractivity (Wildman–Crippen MR) is 113 cm³/mol. The Bertz CT molecular complexity index is 1030. The number of hydrogen-bond acceptors (Lipinski definition) is 6. The first-order valence-corrected chi connectivity index (χ1v) is 11.5. The van der Waals surface area contributed by atoms with Gasteiger partial charge in [0.05, 0.1) is 17.0 Å². The van der Waals surface area contributed by atoms with Crippen LogP contribution >= 0.6 is 11.8 Å². The molecule has 0 unspecified atom stereocenters. The third-order valence-electron chi connectivity index (χ3n) is 5.80. The molecule has 1 saturated carbocycles. The van der Waals surface area contributed by atoms with E-state index in [0.29, 0.717) is 17.6 Å². The molecule has 0 bridgehead atoms. The van der Waals surface area contributed by atoms with Gasteiger partial charge in [-0.1, -0.05) is 17.3 Å². The van der Waals surface area contributed by atoms with E-state index in [9.17, 15) is 4.79 Å². The van der Waals surface area contributed by atoms with Crippen LogP contribution in [-0.2, 0) is 5.75 Å². The van der Waals surface area contributed by atoms with Crippen molar-refractivity contribution in [2.45, 2.75) is 55.1 Å². The number of aromatic nitrogens is 4. The highest BCUT2D eigenvalue weighted by molar-refractivity contribution is 7.98. The summed E-state index contributed by atoms with van der Waals surface area (Å²) >= 11 is 1.61. The molecule has 1 N–H and O–H groups in total. The molecule has 1 aliphatic carbocycles. The van der Waals surface area contributed by atoms with E-state index in [1.807, 2.05) is 42.2 Å². The molecule has 2 aromatic heterocycles. The van der Waals surface area contributed by atoms with E-state index >= 15 is 0 Å².